The van der Waals surface area contributed by atoms with E-state index in [4.69, 9.17) is 12.2 Å². The van der Waals surface area contributed by atoms with Gasteiger partial charge in [0.2, 0.25) is 0 Å². The van der Waals surface area contributed by atoms with Crippen molar-refractivity contribution >= 4 is 0 Å². The van der Waals surface area contributed by atoms with Gasteiger partial charge in [-0.25, -0.2) is 0 Å². The Morgan fingerprint density at radius 3 is 2.38 bits per heavy atom. The largest absolute Gasteiger partial charge is 0.317 e. The summed E-state index contributed by atoms with van der Waals surface area (Å²) in [6.45, 7) is 0. The molecule has 2 rings (SSSR count). The van der Waals surface area contributed by atoms with E-state index < -0.39 is 0 Å². The van der Waals surface area contributed by atoms with Crippen LogP contribution in [0, 0.1) is 12.3 Å². The van der Waals surface area contributed by atoms with E-state index in [-0.39, 0.29) is 11.5 Å². The van der Waals surface area contributed by atoms with E-state index in [2.05, 4.69) is 18.1 Å². The molecule has 0 amide bonds. The lowest BCUT2D eigenvalue weighted by molar-refractivity contribution is 0.618. The van der Waals surface area contributed by atoms with Crippen molar-refractivity contribution < 1.29 is 0 Å². The average molecular weight is 171 g/mol. The SMILES string of the molecule is C#CC(N)C1(c2ccccc2)CC1. The van der Waals surface area contributed by atoms with E-state index in [0.29, 0.717) is 0 Å². The van der Waals surface area contributed by atoms with Crippen molar-refractivity contribution in [2.45, 2.75) is 24.3 Å². The van der Waals surface area contributed by atoms with Crippen LogP contribution in [-0.2, 0) is 5.41 Å². The van der Waals surface area contributed by atoms with Crippen LogP contribution in [0.25, 0.3) is 0 Å². The molecular weight excluding hydrogens is 158 g/mol. The Labute approximate surface area is 79.0 Å². The lowest BCUT2D eigenvalue weighted by Gasteiger charge is -2.18. The quantitative estimate of drug-likeness (QED) is 0.673. The number of rotatable bonds is 2. The number of hydrogen-bond donors (Lipinski definition) is 1. The molecular formula is C12H13N. The Hall–Kier alpha value is -1.26. The summed E-state index contributed by atoms with van der Waals surface area (Å²) in [5.41, 5.74) is 7.29. The molecule has 1 nitrogen and oxygen atoms in total. The van der Waals surface area contributed by atoms with Gasteiger partial charge in [0.15, 0.2) is 0 Å². The Balaban J connectivity index is 2.32. The zero-order valence-corrected chi connectivity index (χ0v) is 7.53. The highest BCUT2D eigenvalue weighted by Gasteiger charge is 2.48. The van der Waals surface area contributed by atoms with Gasteiger partial charge in [0.1, 0.15) is 0 Å². The summed E-state index contributed by atoms with van der Waals surface area (Å²) in [5, 5.41) is 0. The number of benzene rings is 1. The topological polar surface area (TPSA) is 26.0 Å². The van der Waals surface area contributed by atoms with Crippen molar-refractivity contribution in [3.05, 3.63) is 35.9 Å². The molecule has 13 heavy (non-hydrogen) atoms. The van der Waals surface area contributed by atoms with Crippen molar-refractivity contribution in [2.24, 2.45) is 5.73 Å². The molecule has 0 spiro atoms. The van der Waals surface area contributed by atoms with Crippen LogP contribution in [0.4, 0.5) is 0 Å². The molecule has 1 heteroatoms. The lowest BCUT2D eigenvalue weighted by atomic mass is 9.89. The molecule has 1 aliphatic rings. The highest BCUT2D eigenvalue weighted by Crippen LogP contribution is 2.49. The van der Waals surface area contributed by atoms with Crippen LogP contribution in [0.5, 0.6) is 0 Å². The normalized spacial score (nSPS) is 20.3. The fraction of sp³-hybridized carbons (Fsp3) is 0.333. The molecule has 0 radical (unpaired) electrons. The van der Waals surface area contributed by atoms with Crippen LogP contribution in [0.2, 0.25) is 0 Å². The monoisotopic (exact) mass is 171 g/mol. The molecule has 1 aromatic carbocycles. The first-order valence-electron chi connectivity index (χ1n) is 4.57. The molecule has 0 aromatic heterocycles. The molecule has 1 aliphatic carbocycles. The summed E-state index contributed by atoms with van der Waals surface area (Å²) in [6.07, 6.45) is 7.62. The molecule has 1 saturated carbocycles. The Bertz CT molecular complexity index is 330. The molecule has 0 aliphatic heterocycles. The minimum absolute atomic E-state index is 0.0933. The van der Waals surface area contributed by atoms with Gasteiger partial charge in [0.25, 0.3) is 0 Å². The smallest absolute Gasteiger partial charge is 0.0759 e. The first-order chi connectivity index (χ1) is 6.29. The van der Waals surface area contributed by atoms with Gasteiger partial charge in [-0.3, -0.25) is 0 Å². The van der Waals surface area contributed by atoms with Gasteiger partial charge in [-0.1, -0.05) is 36.3 Å². The number of terminal acetylenes is 1. The highest BCUT2D eigenvalue weighted by atomic mass is 14.7. The Morgan fingerprint density at radius 2 is 1.92 bits per heavy atom. The average Bonchev–Trinajstić information content (AvgIpc) is 2.99. The van der Waals surface area contributed by atoms with Crippen molar-refractivity contribution in [3.63, 3.8) is 0 Å². The Kier molecular flexibility index (Phi) is 1.86. The fourth-order valence-corrected chi connectivity index (χ4v) is 1.84. The third-order valence-electron chi connectivity index (χ3n) is 2.91. The zero-order chi connectivity index (χ0) is 9.31. The highest BCUT2D eigenvalue weighted by molar-refractivity contribution is 5.36. The van der Waals surface area contributed by atoms with E-state index in [1.807, 2.05) is 18.2 Å². The maximum Gasteiger partial charge on any atom is 0.0759 e. The predicted molar refractivity (Wildman–Crippen MR) is 54.2 cm³/mol. The first-order valence-corrected chi connectivity index (χ1v) is 4.57. The second-order valence-corrected chi connectivity index (χ2v) is 3.67. The van der Waals surface area contributed by atoms with Crippen molar-refractivity contribution in [1.82, 2.24) is 0 Å². The van der Waals surface area contributed by atoms with Crippen LogP contribution in [-0.4, -0.2) is 6.04 Å². The van der Waals surface area contributed by atoms with Crippen LogP contribution in [0.3, 0.4) is 0 Å². The molecule has 0 bridgehead atoms. The van der Waals surface area contributed by atoms with Gasteiger partial charge in [0, 0.05) is 5.41 Å². The van der Waals surface area contributed by atoms with E-state index in [0.717, 1.165) is 12.8 Å². The van der Waals surface area contributed by atoms with E-state index >= 15 is 0 Å². The number of nitrogens with two attached hydrogens (primary N) is 1. The molecule has 0 heterocycles. The van der Waals surface area contributed by atoms with Crippen molar-refractivity contribution in [2.75, 3.05) is 0 Å². The molecule has 0 saturated heterocycles. The van der Waals surface area contributed by atoms with E-state index in [1.165, 1.54) is 5.56 Å². The summed E-state index contributed by atoms with van der Waals surface area (Å²) in [4.78, 5) is 0. The predicted octanol–water partition coefficient (Wildman–Crippen LogP) is 1.68. The van der Waals surface area contributed by atoms with Gasteiger partial charge < -0.3 is 5.73 Å². The lowest BCUT2D eigenvalue weighted by Crippen LogP contribution is -2.33. The standard InChI is InChI=1S/C12H13N/c1-2-11(13)12(8-9-12)10-6-4-3-5-7-10/h1,3-7,11H,8-9,13H2. The summed E-state index contributed by atoms with van der Waals surface area (Å²) < 4.78 is 0. The van der Waals surface area contributed by atoms with Crippen molar-refractivity contribution in [1.29, 1.82) is 0 Å². The summed E-state index contributed by atoms with van der Waals surface area (Å²) >= 11 is 0. The summed E-state index contributed by atoms with van der Waals surface area (Å²) in [5.74, 6) is 2.64. The van der Waals surface area contributed by atoms with Gasteiger partial charge in [-0.05, 0) is 18.4 Å². The fourth-order valence-electron chi connectivity index (χ4n) is 1.84. The summed E-state index contributed by atoms with van der Waals surface area (Å²) in [7, 11) is 0. The molecule has 1 aromatic rings. The first kappa shape index (κ1) is 8.34. The van der Waals surface area contributed by atoms with Gasteiger partial charge >= 0.3 is 0 Å². The molecule has 1 atom stereocenters. The maximum absolute atomic E-state index is 5.91. The second-order valence-electron chi connectivity index (χ2n) is 3.67. The maximum atomic E-state index is 5.91. The third kappa shape index (κ3) is 1.24. The van der Waals surface area contributed by atoms with Gasteiger partial charge in [-0.15, -0.1) is 6.42 Å². The van der Waals surface area contributed by atoms with Gasteiger partial charge in [-0.2, -0.15) is 0 Å². The third-order valence-corrected chi connectivity index (χ3v) is 2.91. The molecule has 66 valence electrons. The minimum atomic E-state index is -0.130. The number of hydrogen-bond acceptors (Lipinski definition) is 1. The van der Waals surface area contributed by atoms with Gasteiger partial charge in [0.05, 0.1) is 6.04 Å². The van der Waals surface area contributed by atoms with E-state index in [1.54, 1.807) is 0 Å². The minimum Gasteiger partial charge on any atom is -0.317 e. The van der Waals surface area contributed by atoms with E-state index in [9.17, 15) is 0 Å². The molecule has 1 fully saturated rings. The molecule has 2 N–H and O–H groups in total. The molecule has 1 unspecified atom stereocenters. The van der Waals surface area contributed by atoms with Crippen LogP contribution in [0.15, 0.2) is 30.3 Å². The second kappa shape index (κ2) is 2.90. The zero-order valence-electron chi connectivity index (χ0n) is 7.53. The van der Waals surface area contributed by atoms with Crippen LogP contribution < -0.4 is 5.73 Å². The van der Waals surface area contributed by atoms with Crippen molar-refractivity contribution in [3.8, 4) is 12.3 Å². The van der Waals surface area contributed by atoms with Crippen LogP contribution in [0.1, 0.15) is 18.4 Å². The summed E-state index contributed by atoms with van der Waals surface area (Å²) in [6, 6.07) is 10.2. The Morgan fingerprint density at radius 1 is 1.31 bits per heavy atom. The van der Waals surface area contributed by atoms with Crippen LogP contribution >= 0.6 is 0 Å².